The van der Waals surface area contributed by atoms with E-state index in [1.807, 2.05) is 45.9 Å². The average Bonchev–Trinajstić information content (AvgIpc) is 2.50. The summed E-state index contributed by atoms with van der Waals surface area (Å²) in [6.07, 6.45) is 6.07. The summed E-state index contributed by atoms with van der Waals surface area (Å²) in [5.74, 6) is 0.103. The van der Waals surface area contributed by atoms with Crippen molar-refractivity contribution in [1.29, 1.82) is 0 Å². The van der Waals surface area contributed by atoms with Crippen molar-refractivity contribution in [2.24, 2.45) is 0 Å². The molecule has 1 rings (SSSR count). The lowest BCUT2D eigenvalue weighted by atomic mass is 10.1. The van der Waals surface area contributed by atoms with Crippen LogP contribution in [0.3, 0.4) is 0 Å². The van der Waals surface area contributed by atoms with Gasteiger partial charge in [-0.15, -0.1) is 0 Å². The van der Waals surface area contributed by atoms with Crippen LogP contribution in [-0.4, -0.2) is 14.2 Å². The second-order valence-corrected chi connectivity index (χ2v) is 6.68. The number of sulfone groups is 1. The third-order valence-electron chi connectivity index (χ3n) is 2.65. The van der Waals surface area contributed by atoms with Gasteiger partial charge < -0.3 is 0 Å². The second-order valence-electron chi connectivity index (χ2n) is 4.57. The van der Waals surface area contributed by atoms with Gasteiger partial charge in [0, 0.05) is 0 Å². The van der Waals surface area contributed by atoms with Gasteiger partial charge >= 0.3 is 0 Å². The van der Waals surface area contributed by atoms with Gasteiger partial charge in [-0.25, -0.2) is 8.42 Å². The molecule has 0 aliphatic heterocycles. The third kappa shape index (κ3) is 7.66. The van der Waals surface area contributed by atoms with Crippen LogP contribution in [0.4, 0.5) is 0 Å². The fourth-order valence-corrected chi connectivity index (χ4v) is 2.84. The molecule has 0 aliphatic carbocycles. The molecule has 0 radical (unpaired) electrons. The summed E-state index contributed by atoms with van der Waals surface area (Å²) < 4.78 is 24.2. The Labute approximate surface area is 129 Å². The van der Waals surface area contributed by atoms with Crippen LogP contribution in [0.15, 0.2) is 71.2 Å². The fraction of sp³-hybridized carbons (Fsp3) is 0.333. The zero-order chi connectivity index (χ0) is 16.3. The van der Waals surface area contributed by atoms with Crippen molar-refractivity contribution in [3.8, 4) is 0 Å². The summed E-state index contributed by atoms with van der Waals surface area (Å²) >= 11 is 0. The molecular formula is C18H26O2S. The van der Waals surface area contributed by atoms with Gasteiger partial charge in [0.2, 0.25) is 0 Å². The standard InChI is InChI=1S/C16H20O2S.C2H6/c1-4-15(11-10-14(2)3)12-13-19(17,18)16-8-6-5-7-9-16;1-2/h4-11H,1,12-13H2,2-3H3;1-2H3/b15-11+;. The molecule has 0 saturated carbocycles. The highest BCUT2D eigenvalue weighted by Gasteiger charge is 2.13. The maximum Gasteiger partial charge on any atom is 0.178 e. The van der Waals surface area contributed by atoms with Crippen molar-refractivity contribution in [2.75, 3.05) is 5.75 Å². The number of rotatable bonds is 6. The molecule has 0 aliphatic rings. The summed E-state index contributed by atoms with van der Waals surface area (Å²) in [5.41, 5.74) is 2.10. The third-order valence-corrected chi connectivity index (χ3v) is 4.39. The Morgan fingerprint density at radius 2 is 1.67 bits per heavy atom. The van der Waals surface area contributed by atoms with Crippen LogP contribution >= 0.6 is 0 Å². The maximum absolute atomic E-state index is 12.1. The Hall–Kier alpha value is -1.61. The minimum atomic E-state index is -3.21. The van der Waals surface area contributed by atoms with Crippen LogP contribution in [0, 0.1) is 0 Å². The lowest BCUT2D eigenvalue weighted by molar-refractivity contribution is 0.595. The predicted octanol–water partition coefficient (Wildman–Crippen LogP) is 4.96. The van der Waals surface area contributed by atoms with Gasteiger partial charge in [0.1, 0.15) is 0 Å². The van der Waals surface area contributed by atoms with E-state index < -0.39 is 9.84 Å². The smallest absolute Gasteiger partial charge is 0.178 e. The van der Waals surface area contributed by atoms with Crippen LogP contribution in [0.5, 0.6) is 0 Å². The fourth-order valence-electron chi connectivity index (χ4n) is 1.53. The molecule has 0 spiro atoms. The lowest BCUT2D eigenvalue weighted by Gasteiger charge is -2.04. The first kappa shape index (κ1) is 19.4. The van der Waals surface area contributed by atoms with Gasteiger partial charge in [-0.1, -0.05) is 62.4 Å². The molecule has 0 N–H and O–H groups in total. The van der Waals surface area contributed by atoms with Gasteiger partial charge in [0.15, 0.2) is 9.84 Å². The van der Waals surface area contributed by atoms with Gasteiger partial charge in [-0.2, -0.15) is 0 Å². The molecular weight excluding hydrogens is 280 g/mol. The van der Waals surface area contributed by atoms with Crippen LogP contribution in [0.25, 0.3) is 0 Å². The molecule has 0 unspecified atom stereocenters. The van der Waals surface area contributed by atoms with Gasteiger partial charge in [0.25, 0.3) is 0 Å². The van der Waals surface area contributed by atoms with Crippen molar-refractivity contribution >= 4 is 9.84 Å². The van der Waals surface area contributed by atoms with Gasteiger partial charge in [-0.3, -0.25) is 0 Å². The first-order valence-electron chi connectivity index (χ1n) is 7.20. The largest absolute Gasteiger partial charge is 0.224 e. The van der Waals surface area contributed by atoms with E-state index in [9.17, 15) is 8.42 Å². The zero-order valence-corrected chi connectivity index (χ0v) is 14.3. The normalized spacial score (nSPS) is 11.1. The molecule has 2 nitrogen and oxygen atoms in total. The predicted molar refractivity (Wildman–Crippen MR) is 92.2 cm³/mol. The summed E-state index contributed by atoms with van der Waals surface area (Å²) in [7, 11) is -3.21. The molecule has 1 aromatic carbocycles. The molecule has 116 valence electrons. The highest BCUT2D eigenvalue weighted by molar-refractivity contribution is 7.91. The molecule has 3 heteroatoms. The summed E-state index contributed by atoms with van der Waals surface area (Å²) in [6.45, 7) is 11.7. The van der Waals surface area contributed by atoms with Gasteiger partial charge in [-0.05, 0) is 38.0 Å². The van der Waals surface area contributed by atoms with Crippen molar-refractivity contribution in [1.82, 2.24) is 0 Å². The Balaban J connectivity index is 0.00000191. The molecule has 21 heavy (non-hydrogen) atoms. The zero-order valence-electron chi connectivity index (χ0n) is 13.5. The minimum absolute atomic E-state index is 0.103. The number of hydrogen-bond donors (Lipinski definition) is 0. The molecule has 0 amide bonds. The molecule has 0 fully saturated rings. The molecule has 0 saturated heterocycles. The molecule has 0 atom stereocenters. The SMILES string of the molecule is C=C/C(=C\C=C(C)C)CCS(=O)(=O)c1ccccc1.CC. The van der Waals surface area contributed by atoms with Crippen molar-refractivity contribution < 1.29 is 8.42 Å². The molecule has 0 bridgehead atoms. The highest BCUT2D eigenvalue weighted by Crippen LogP contribution is 2.14. The van der Waals surface area contributed by atoms with Crippen LogP contribution in [0.2, 0.25) is 0 Å². The van der Waals surface area contributed by atoms with E-state index in [0.29, 0.717) is 11.3 Å². The van der Waals surface area contributed by atoms with Crippen LogP contribution in [0.1, 0.15) is 34.1 Å². The van der Waals surface area contributed by atoms with E-state index in [4.69, 9.17) is 0 Å². The Kier molecular flexibility index (Phi) is 9.39. The lowest BCUT2D eigenvalue weighted by Crippen LogP contribution is -2.07. The number of allylic oxidation sites excluding steroid dienone is 5. The average molecular weight is 306 g/mol. The second kappa shape index (κ2) is 10.2. The van der Waals surface area contributed by atoms with Crippen molar-refractivity contribution in [2.45, 2.75) is 39.0 Å². The van der Waals surface area contributed by atoms with E-state index in [2.05, 4.69) is 6.58 Å². The highest BCUT2D eigenvalue weighted by atomic mass is 32.2. The van der Waals surface area contributed by atoms with E-state index in [0.717, 1.165) is 5.57 Å². The molecule has 0 aromatic heterocycles. The van der Waals surface area contributed by atoms with E-state index >= 15 is 0 Å². The summed E-state index contributed by atoms with van der Waals surface area (Å²) in [6, 6.07) is 8.54. The van der Waals surface area contributed by atoms with Crippen molar-refractivity contribution in [3.63, 3.8) is 0 Å². The Morgan fingerprint density at radius 1 is 1.10 bits per heavy atom. The minimum Gasteiger partial charge on any atom is -0.224 e. The van der Waals surface area contributed by atoms with E-state index in [1.54, 1.807) is 30.3 Å². The monoisotopic (exact) mass is 306 g/mol. The summed E-state index contributed by atoms with van der Waals surface area (Å²) in [4.78, 5) is 0.376. The Bertz CT molecular complexity index is 575. The maximum atomic E-state index is 12.1. The van der Waals surface area contributed by atoms with E-state index in [-0.39, 0.29) is 5.75 Å². The quantitative estimate of drug-likeness (QED) is 0.696. The van der Waals surface area contributed by atoms with Crippen LogP contribution in [-0.2, 0) is 9.84 Å². The molecule has 1 aromatic rings. The number of hydrogen-bond acceptors (Lipinski definition) is 2. The first-order valence-corrected chi connectivity index (χ1v) is 8.85. The van der Waals surface area contributed by atoms with Gasteiger partial charge in [0.05, 0.1) is 10.6 Å². The van der Waals surface area contributed by atoms with Crippen LogP contribution < -0.4 is 0 Å². The molecule has 0 heterocycles. The van der Waals surface area contributed by atoms with Crippen molar-refractivity contribution in [3.05, 3.63) is 66.3 Å². The Morgan fingerprint density at radius 3 is 2.14 bits per heavy atom. The first-order chi connectivity index (χ1) is 9.95. The summed E-state index contributed by atoms with van der Waals surface area (Å²) in [5, 5.41) is 0. The number of benzene rings is 1. The topological polar surface area (TPSA) is 34.1 Å². The van der Waals surface area contributed by atoms with E-state index in [1.165, 1.54) is 5.57 Å².